The summed E-state index contributed by atoms with van der Waals surface area (Å²) in [6.07, 6.45) is 0.772. The summed E-state index contributed by atoms with van der Waals surface area (Å²) in [6, 6.07) is 12.5. The van der Waals surface area contributed by atoms with Crippen LogP contribution in [-0.2, 0) is 12.8 Å². The number of hydrogen-bond acceptors (Lipinski definition) is 4. The summed E-state index contributed by atoms with van der Waals surface area (Å²) < 4.78 is 0. The Morgan fingerprint density at radius 2 is 1.67 bits per heavy atom. The molecule has 0 spiro atoms. The van der Waals surface area contributed by atoms with Crippen molar-refractivity contribution in [3.63, 3.8) is 0 Å². The van der Waals surface area contributed by atoms with E-state index in [2.05, 4.69) is 44.3 Å². The first kappa shape index (κ1) is 18.3. The number of hydrogen-bond donors (Lipinski definition) is 4. The first-order valence-electron chi connectivity index (χ1n) is 8.12. The molecule has 0 amide bonds. The van der Waals surface area contributed by atoms with Crippen molar-refractivity contribution in [2.24, 2.45) is 0 Å². The Labute approximate surface area is 143 Å². The Kier molecular flexibility index (Phi) is 5.86. The Morgan fingerprint density at radius 3 is 2.29 bits per heavy atom. The van der Waals surface area contributed by atoms with Gasteiger partial charge in [-0.15, -0.1) is 0 Å². The topological polar surface area (TPSA) is 72.7 Å². The van der Waals surface area contributed by atoms with Crippen molar-refractivity contribution >= 4 is 0 Å². The van der Waals surface area contributed by atoms with Gasteiger partial charge in [0.2, 0.25) is 0 Å². The van der Waals surface area contributed by atoms with Gasteiger partial charge in [0.15, 0.2) is 0 Å². The lowest BCUT2D eigenvalue weighted by molar-refractivity contribution is 0.160. The van der Waals surface area contributed by atoms with Gasteiger partial charge in [0.05, 0.1) is 6.10 Å². The molecule has 4 nitrogen and oxygen atoms in total. The number of rotatable bonds is 7. The molecule has 2 aromatic carbocycles. The summed E-state index contributed by atoms with van der Waals surface area (Å²) >= 11 is 0. The van der Waals surface area contributed by atoms with Gasteiger partial charge in [-0.2, -0.15) is 0 Å². The molecule has 0 aromatic heterocycles. The molecule has 0 bridgehead atoms. The standard InChI is InChI=1S/C20H26NO3/c1-4-14-6-5-7-15(8-14)12-20(2,3)21-13-19(24)16-9-17(22)11-18(23)10-16/h5-11,19,21-24H,1,4,12-13H2,2-3H3. The molecule has 0 heterocycles. The van der Waals surface area contributed by atoms with Crippen LogP contribution in [0.5, 0.6) is 11.5 Å². The Balaban J connectivity index is 1.98. The Morgan fingerprint density at radius 1 is 1.04 bits per heavy atom. The molecule has 0 aliphatic heterocycles. The van der Waals surface area contributed by atoms with E-state index in [-0.39, 0.29) is 17.0 Å². The van der Waals surface area contributed by atoms with Gasteiger partial charge in [-0.3, -0.25) is 0 Å². The Bertz CT molecular complexity index is 662. The maximum atomic E-state index is 10.3. The van der Waals surface area contributed by atoms with Crippen molar-refractivity contribution in [1.29, 1.82) is 0 Å². The number of aliphatic hydroxyl groups is 1. The van der Waals surface area contributed by atoms with Gasteiger partial charge in [-0.05, 0) is 62.4 Å². The number of β-amino-alcohol motifs (C(OH)–C–C–N with tert-alkyl or cyclic N) is 1. The monoisotopic (exact) mass is 328 g/mol. The average molecular weight is 328 g/mol. The smallest absolute Gasteiger partial charge is 0.119 e. The van der Waals surface area contributed by atoms with Gasteiger partial charge < -0.3 is 20.6 Å². The van der Waals surface area contributed by atoms with Crippen molar-refractivity contribution in [3.8, 4) is 11.5 Å². The molecule has 24 heavy (non-hydrogen) atoms. The molecule has 0 saturated carbocycles. The van der Waals surface area contributed by atoms with E-state index in [9.17, 15) is 15.3 Å². The number of nitrogens with one attached hydrogen (secondary N) is 1. The minimum atomic E-state index is -0.812. The molecule has 129 valence electrons. The predicted octanol–water partition coefficient (Wildman–Crippen LogP) is 3.12. The molecule has 2 aromatic rings. The SMILES string of the molecule is [CH2]Cc1cccc(CC(C)(C)NCC(O)c2cc(O)cc(O)c2)c1. The second kappa shape index (κ2) is 7.69. The second-order valence-electron chi connectivity index (χ2n) is 6.81. The average Bonchev–Trinajstić information content (AvgIpc) is 2.51. The summed E-state index contributed by atoms with van der Waals surface area (Å²) in [5.41, 5.74) is 2.70. The van der Waals surface area contributed by atoms with Crippen molar-refractivity contribution in [2.45, 2.75) is 38.3 Å². The molecular formula is C20H26NO3. The molecule has 4 N–H and O–H groups in total. The third-order valence-electron chi connectivity index (χ3n) is 4.01. The third kappa shape index (κ3) is 5.25. The molecule has 1 unspecified atom stereocenters. The summed E-state index contributed by atoms with van der Waals surface area (Å²) in [7, 11) is 0. The van der Waals surface area contributed by atoms with E-state index < -0.39 is 6.10 Å². The van der Waals surface area contributed by atoms with Crippen LogP contribution in [0.2, 0.25) is 0 Å². The van der Waals surface area contributed by atoms with Crippen molar-refractivity contribution in [3.05, 3.63) is 66.1 Å². The predicted molar refractivity (Wildman–Crippen MR) is 96.0 cm³/mol. The van der Waals surface area contributed by atoms with E-state index in [4.69, 9.17) is 0 Å². The first-order chi connectivity index (χ1) is 11.3. The lowest BCUT2D eigenvalue weighted by atomic mass is 9.93. The molecule has 0 saturated heterocycles. The van der Waals surface area contributed by atoms with Crippen LogP contribution in [0.15, 0.2) is 42.5 Å². The van der Waals surface area contributed by atoms with Crippen LogP contribution in [-0.4, -0.2) is 27.4 Å². The fraction of sp³-hybridized carbons (Fsp3) is 0.350. The third-order valence-corrected chi connectivity index (χ3v) is 4.01. The zero-order valence-electron chi connectivity index (χ0n) is 14.3. The van der Waals surface area contributed by atoms with Gasteiger partial charge in [-0.1, -0.05) is 24.3 Å². The molecule has 0 fully saturated rings. The zero-order chi connectivity index (χ0) is 17.7. The molecule has 0 aliphatic carbocycles. The Hall–Kier alpha value is -2.04. The minimum absolute atomic E-state index is 0.0618. The number of phenolic OH excluding ortho intramolecular Hbond substituents is 2. The van der Waals surface area contributed by atoms with E-state index in [1.165, 1.54) is 29.3 Å². The normalized spacial score (nSPS) is 13.0. The van der Waals surface area contributed by atoms with Crippen LogP contribution in [0.3, 0.4) is 0 Å². The number of phenols is 2. The number of benzene rings is 2. The summed E-state index contributed by atoms with van der Waals surface area (Å²) in [5.74, 6) is -0.124. The van der Waals surface area contributed by atoms with E-state index in [1.54, 1.807) is 0 Å². The zero-order valence-corrected chi connectivity index (χ0v) is 14.3. The molecule has 2 rings (SSSR count). The highest BCUT2D eigenvalue weighted by molar-refractivity contribution is 5.37. The molecule has 1 atom stereocenters. The van der Waals surface area contributed by atoms with Crippen molar-refractivity contribution in [2.75, 3.05) is 6.54 Å². The minimum Gasteiger partial charge on any atom is -0.508 e. The van der Waals surface area contributed by atoms with E-state index in [0.717, 1.165) is 12.8 Å². The van der Waals surface area contributed by atoms with Crippen LogP contribution in [0.25, 0.3) is 0 Å². The van der Waals surface area contributed by atoms with Crippen LogP contribution in [0.1, 0.15) is 36.6 Å². The van der Waals surface area contributed by atoms with Gasteiger partial charge in [0.25, 0.3) is 0 Å². The van der Waals surface area contributed by atoms with Crippen molar-refractivity contribution in [1.82, 2.24) is 5.32 Å². The lowest BCUT2D eigenvalue weighted by Gasteiger charge is -2.28. The first-order valence-corrected chi connectivity index (χ1v) is 8.12. The second-order valence-corrected chi connectivity index (χ2v) is 6.81. The lowest BCUT2D eigenvalue weighted by Crippen LogP contribution is -2.43. The van der Waals surface area contributed by atoms with E-state index in [0.29, 0.717) is 12.1 Å². The van der Waals surface area contributed by atoms with Crippen LogP contribution >= 0.6 is 0 Å². The van der Waals surface area contributed by atoms with Crippen LogP contribution < -0.4 is 5.32 Å². The molecule has 4 heteroatoms. The maximum Gasteiger partial charge on any atom is 0.119 e. The van der Waals surface area contributed by atoms with E-state index >= 15 is 0 Å². The largest absolute Gasteiger partial charge is 0.508 e. The summed E-state index contributed by atoms with van der Waals surface area (Å²) in [5, 5.41) is 32.7. The van der Waals surface area contributed by atoms with Gasteiger partial charge in [-0.25, -0.2) is 0 Å². The fourth-order valence-corrected chi connectivity index (χ4v) is 2.77. The quantitative estimate of drug-likeness (QED) is 0.630. The maximum absolute atomic E-state index is 10.3. The summed E-state index contributed by atoms with van der Waals surface area (Å²) in [4.78, 5) is 0. The van der Waals surface area contributed by atoms with Crippen LogP contribution in [0.4, 0.5) is 0 Å². The molecular weight excluding hydrogens is 302 g/mol. The summed E-state index contributed by atoms with van der Waals surface area (Å²) in [6.45, 7) is 8.40. The van der Waals surface area contributed by atoms with Gasteiger partial charge >= 0.3 is 0 Å². The van der Waals surface area contributed by atoms with Gasteiger partial charge in [0.1, 0.15) is 11.5 Å². The molecule has 0 aliphatic rings. The molecule has 1 radical (unpaired) electrons. The fourth-order valence-electron chi connectivity index (χ4n) is 2.77. The number of aliphatic hydroxyl groups excluding tert-OH is 1. The van der Waals surface area contributed by atoms with Crippen molar-refractivity contribution < 1.29 is 15.3 Å². The highest BCUT2D eigenvalue weighted by Gasteiger charge is 2.20. The number of aromatic hydroxyl groups is 2. The van der Waals surface area contributed by atoms with E-state index in [1.807, 2.05) is 6.07 Å². The van der Waals surface area contributed by atoms with Crippen LogP contribution in [0, 0.1) is 6.92 Å². The highest BCUT2D eigenvalue weighted by atomic mass is 16.3. The van der Waals surface area contributed by atoms with Gasteiger partial charge in [0, 0.05) is 18.2 Å². The highest BCUT2D eigenvalue weighted by Crippen LogP contribution is 2.25.